The summed E-state index contributed by atoms with van der Waals surface area (Å²) in [4.78, 5) is 2.21. The number of hydrogen-bond acceptors (Lipinski definition) is 2. The first-order chi connectivity index (χ1) is 4.20. The van der Waals surface area contributed by atoms with Gasteiger partial charge in [0.2, 0.25) is 0 Å². The maximum absolute atomic E-state index is 5.64. The highest BCUT2D eigenvalue weighted by Crippen LogP contribution is 2.29. The van der Waals surface area contributed by atoms with E-state index in [1.807, 2.05) is 6.92 Å². The lowest BCUT2D eigenvalue weighted by atomic mass is 10.4. The van der Waals surface area contributed by atoms with E-state index < -0.39 is 0 Å². The fraction of sp³-hybridized carbons (Fsp3) is 1.00. The van der Waals surface area contributed by atoms with Crippen molar-refractivity contribution in [2.24, 2.45) is 11.7 Å². The number of rotatable bonds is 3. The summed E-state index contributed by atoms with van der Waals surface area (Å²) in [6.45, 7) is 3.22. The van der Waals surface area contributed by atoms with Crippen LogP contribution in [0.15, 0.2) is 0 Å². The van der Waals surface area contributed by atoms with Crippen LogP contribution >= 0.6 is 0 Å². The molecule has 1 aliphatic rings. The van der Waals surface area contributed by atoms with Crippen molar-refractivity contribution in [3.8, 4) is 0 Å². The molecule has 0 radical (unpaired) electrons. The van der Waals surface area contributed by atoms with E-state index in [-0.39, 0.29) is 6.17 Å². The maximum Gasteiger partial charge on any atom is 0.0540 e. The fourth-order valence-electron chi connectivity index (χ4n) is 0.874. The van der Waals surface area contributed by atoms with Crippen LogP contribution < -0.4 is 5.73 Å². The van der Waals surface area contributed by atoms with Gasteiger partial charge in [-0.25, -0.2) is 0 Å². The van der Waals surface area contributed by atoms with Crippen molar-refractivity contribution in [2.75, 3.05) is 13.6 Å². The molecule has 0 aromatic rings. The summed E-state index contributed by atoms with van der Waals surface area (Å²) in [5.41, 5.74) is 5.64. The largest absolute Gasteiger partial charge is 0.316 e. The van der Waals surface area contributed by atoms with Gasteiger partial charge in [0.05, 0.1) is 6.17 Å². The minimum atomic E-state index is 0.227. The van der Waals surface area contributed by atoms with E-state index >= 15 is 0 Å². The summed E-state index contributed by atoms with van der Waals surface area (Å²) < 4.78 is 0. The van der Waals surface area contributed by atoms with E-state index in [0.29, 0.717) is 0 Å². The molecular formula is C7H16N2. The Labute approximate surface area is 57.0 Å². The lowest BCUT2D eigenvalue weighted by molar-refractivity contribution is 0.253. The van der Waals surface area contributed by atoms with E-state index in [2.05, 4.69) is 11.9 Å². The monoisotopic (exact) mass is 128 g/mol. The molecule has 1 saturated carbocycles. The highest BCUT2D eigenvalue weighted by Gasteiger charge is 2.23. The molecule has 54 valence electrons. The van der Waals surface area contributed by atoms with Crippen LogP contribution in [0.1, 0.15) is 19.8 Å². The Bertz CT molecular complexity index is 86.9. The van der Waals surface area contributed by atoms with Gasteiger partial charge in [0.15, 0.2) is 0 Å². The molecule has 9 heavy (non-hydrogen) atoms. The van der Waals surface area contributed by atoms with Gasteiger partial charge in [-0.2, -0.15) is 0 Å². The standard InChI is InChI=1S/C7H16N2/c1-6(8)9(2)5-7-3-4-7/h6-7H,3-5,8H2,1-2H3. The predicted molar refractivity (Wildman–Crippen MR) is 39.0 cm³/mol. The zero-order valence-corrected chi connectivity index (χ0v) is 6.30. The van der Waals surface area contributed by atoms with Gasteiger partial charge in [0, 0.05) is 6.54 Å². The molecule has 1 aliphatic carbocycles. The van der Waals surface area contributed by atoms with Gasteiger partial charge in [0.25, 0.3) is 0 Å². The third-order valence-corrected chi connectivity index (χ3v) is 1.94. The van der Waals surface area contributed by atoms with Crippen LogP contribution in [-0.2, 0) is 0 Å². The average molecular weight is 128 g/mol. The predicted octanol–water partition coefficient (Wildman–Crippen LogP) is 0.633. The van der Waals surface area contributed by atoms with Crippen LogP contribution in [-0.4, -0.2) is 24.7 Å². The van der Waals surface area contributed by atoms with Gasteiger partial charge in [-0.3, -0.25) is 4.90 Å². The van der Waals surface area contributed by atoms with Crippen LogP contribution in [0.25, 0.3) is 0 Å². The molecule has 2 N–H and O–H groups in total. The van der Waals surface area contributed by atoms with Gasteiger partial charge < -0.3 is 5.73 Å². The first-order valence-electron chi connectivity index (χ1n) is 3.66. The van der Waals surface area contributed by atoms with Crippen LogP contribution in [0.3, 0.4) is 0 Å². The molecule has 0 bridgehead atoms. The van der Waals surface area contributed by atoms with Crippen molar-refractivity contribution in [1.29, 1.82) is 0 Å². The second-order valence-corrected chi connectivity index (χ2v) is 3.12. The second kappa shape index (κ2) is 2.67. The molecule has 1 unspecified atom stereocenters. The summed E-state index contributed by atoms with van der Waals surface area (Å²) in [7, 11) is 2.09. The molecule has 0 heterocycles. The van der Waals surface area contributed by atoms with Crippen molar-refractivity contribution in [2.45, 2.75) is 25.9 Å². The Balaban J connectivity index is 2.09. The summed E-state index contributed by atoms with van der Waals surface area (Å²) in [6.07, 6.45) is 3.05. The molecule has 1 fully saturated rings. The Morgan fingerprint density at radius 2 is 2.22 bits per heavy atom. The van der Waals surface area contributed by atoms with Gasteiger partial charge in [-0.1, -0.05) is 0 Å². The van der Waals surface area contributed by atoms with Crippen LogP contribution in [0.5, 0.6) is 0 Å². The Kier molecular flexibility index (Phi) is 2.09. The van der Waals surface area contributed by atoms with Gasteiger partial charge in [-0.05, 0) is 32.7 Å². The second-order valence-electron chi connectivity index (χ2n) is 3.12. The number of hydrogen-bond donors (Lipinski definition) is 1. The zero-order valence-electron chi connectivity index (χ0n) is 6.30. The summed E-state index contributed by atoms with van der Waals surface area (Å²) >= 11 is 0. The molecule has 1 atom stereocenters. The van der Waals surface area contributed by atoms with Gasteiger partial charge >= 0.3 is 0 Å². The van der Waals surface area contributed by atoms with Crippen molar-refractivity contribution in [3.63, 3.8) is 0 Å². The van der Waals surface area contributed by atoms with Crippen molar-refractivity contribution >= 4 is 0 Å². The molecule has 2 nitrogen and oxygen atoms in total. The van der Waals surface area contributed by atoms with Crippen molar-refractivity contribution < 1.29 is 0 Å². The molecule has 0 spiro atoms. The molecule has 0 amide bonds. The summed E-state index contributed by atoms with van der Waals surface area (Å²) in [5.74, 6) is 0.959. The quantitative estimate of drug-likeness (QED) is 0.565. The molecular weight excluding hydrogens is 112 g/mol. The normalized spacial score (nSPS) is 22.7. The Morgan fingerprint density at radius 3 is 2.56 bits per heavy atom. The first-order valence-corrected chi connectivity index (χ1v) is 3.66. The van der Waals surface area contributed by atoms with E-state index in [4.69, 9.17) is 5.73 Å². The zero-order chi connectivity index (χ0) is 6.85. The molecule has 0 saturated heterocycles. The first kappa shape index (κ1) is 7.03. The minimum Gasteiger partial charge on any atom is -0.316 e. The third-order valence-electron chi connectivity index (χ3n) is 1.94. The smallest absolute Gasteiger partial charge is 0.0540 e. The van der Waals surface area contributed by atoms with Gasteiger partial charge in [-0.15, -0.1) is 0 Å². The van der Waals surface area contributed by atoms with Crippen molar-refractivity contribution in [3.05, 3.63) is 0 Å². The van der Waals surface area contributed by atoms with Crippen LogP contribution in [0.2, 0.25) is 0 Å². The van der Waals surface area contributed by atoms with Crippen LogP contribution in [0.4, 0.5) is 0 Å². The number of nitrogens with two attached hydrogens (primary N) is 1. The summed E-state index contributed by atoms with van der Waals surface area (Å²) in [6, 6.07) is 0. The molecule has 1 rings (SSSR count). The van der Waals surface area contributed by atoms with Crippen molar-refractivity contribution in [1.82, 2.24) is 4.90 Å². The average Bonchev–Trinajstić information content (AvgIpc) is 2.50. The highest BCUT2D eigenvalue weighted by molar-refractivity contribution is 4.76. The topological polar surface area (TPSA) is 29.3 Å². The maximum atomic E-state index is 5.64. The molecule has 0 aromatic heterocycles. The van der Waals surface area contributed by atoms with Crippen LogP contribution in [0, 0.1) is 5.92 Å². The Hall–Kier alpha value is -0.0800. The summed E-state index contributed by atoms with van der Waals surface area (Å²) in [5, 5.41) is 0. The fourth-order valence-corrected chi connectivity index (χ4v) is 0.874. The number of nitrogens with zero attached hydrogens (tertiary/aromatic N) is 1. The van der Waals surface area contributed by atoms with E-state index in [1.165, 1.54) is 19.4 Å². The highest BCUT2D eigenvalue weighted by atomic mass is 15.2. The Morgan fingerprint density at radius 1 is 1.67 bits per heavy atom. The van der Waals surface area contributed by atoms with Gasteiger partial charge in [0.1, 0.15) is 0 Å². The van der Waals surface area contributed by atoms with E-state index in [9.17, 15) is 0 Å². The lowest BCUT2D eigenvalue weighted by Gasteiger charge is -2.19. The molecule has 0 aliphatic heterocycles. The molecule has 2 heteroatoms. The van der Waals surface area contributed by atoms with E-state index in [1.54, 1.807) is 0 Å². The minimum absolute atomic E-state index is 0.227. The molecule has 0 aromatic carbocycles. The van der Waals surface area contributed by atoms with E-state index in [0.717, 1.165) is 5.92 Å². The SMILES string of the molecule is CC(N)N(C)CC1CC1. The lowest BCUT2D eigenvalue weighted by Crippen LogP contribution is -2.37. The third kappa shape index (κ3) is 2.33.